The van der Waals surface area contributed by atoms with Gasteiger partial charge in [0.05, 0.1) is 6.54 Å². The van der Waals surface area contributed by atoms with Gasteiger partial charge in [0.2, 0.25) is 0 Å². The molecular formula is C22H28N3O4+. The molecule has 0 spiro atoms. The van der Waals surface area contributed by atoms with Gasteiger partial charge in [-0.1, -0.05) is 6.07 Å². The van der Waals surface area contributed by atoms with Crippen LogP contribution in [0.5, 0.6) is 11.5 Å². The first kappa shape index (κ1) is 20.7. The van der Waals surface area contributed by atoms with Crippen molar-refractivity contribution in [3.05, 3.63) is 47.5 Å². The Bertz CT molecular complexity index is 898. The fraction of sp³-hybridized carbons (Fsp3) is 0.364. The third kappa shape index (κ3) is 5.71. The summed E-state index contributed by atoms with van der Waals surface area (Å²) in [5.74, 6) is 1.04. The molecule has 1 heterocycles. The van der Waals surface area contributed by atoms with Gasteiger partial charge in [-0.2, -0.15) is 0 Å². The standard InChI is InChI=1S/C22H27N3O4/c1-4-25(13-21(26)23-17-6-5-15(2)16(3)11-17)14-22(27)24-18-7-8-19-20(12-18)29-10-9-28-19/h5-8,11-12H,4,9-10,13-14H2,1-3H3,(H,23,26)(H,24,27)/p+1. The predicted molar refractivity (Wildman–Crippen MR) is 112 cm³/mol. The summed E-state index contributed by atoms with van der Waals surface area (Å²) in [7, 11) is 0. The normalized spacial score (nSPS) is 13.5. The summed E-state index contributed by atoms with van der Waals surface area (Å²) in [4.78, 5) is 25.7. The van der Waals surface area contributed by atoms with E-state index in [1.165, 1.54) is 5.56 Å². The second-order valence-corrected chi connectivity index (χ2v) is 7.21. The van der Waals surface area contributed by atoms with Crippen molar-refractivity contribution >= 4 is 23.2 Å². The van der Waals surface area contributed by atoms with Gasteiger partial charge in [0.25, 0.3) is 11.8 Å². The van der Waals surface area contributed by atoms with Gasteiger partial charge in [-0.05, 0) is 56.2 Å². The molecule has 29 heavy (non-hydrogen) atoms. The van der Waals surface area contributed by atoms with Crippen LogP contribution in [0.2, 0.25) is 0 Å². The van der Waals surface area contributed by atoms with Gasteiger partial charge in [-0.15, -0.1) is 0 Å². The molecule has 0 aromatic heterocycles. The highest BCUT2D eigenvalue weighted by molar-refractivity contribution is 5.93. The van der Waals surface area contributed by atoms with E-state index in [1.54, 1.807) is 18.2 Å². The minimum absolute atomic E-state index is 0.114. The molecule has 2 aromatic carbocycles. The predicted octanol–water partition coefficient (Wildman–Crippen LogP) is 1.56. The quantitative estimate of drug-likeness (QED) is 0.661. The van der Waals surface area contributed by atoms with E-state index in [0.29, 0.717) is 36.9 Å². The number of ether oxygens (including phenoxy) is 2. The van der Waals surface area contributed by atoms with Crippen LogP contribution in [0.1, 0.15) is 18.1 Å². The molecule has 3 N–H and O–H groups in total. The summed E-state index contributed by atoms with van der Waals surface area (Å²) in [5, 5.41) is 5.78. The van der Waals surface area contributed by atoms with Crippen molar-refractivity contribution in [1.82, 2.24) is 0 Å². The Kier molecular flexibility index (Phi) is 6.72. The number of carbonyl (C=O) groups excluding carboxylic acids is 2. The number of likely N-dealkylation sites (N-methyl/N-ethyl adjacent to an activating group) is 1. The van der Waals surface area contributed by atoms with Crippen molar-refractivity contribution < 1.29 is 24.0 Å². The summed E-state index contributed by atoms with van der Waals surface area (Å²) in [6.07, 6.45) is 0. The number of fused-ring (bicyclic) bond motifs is 1. The average molecular weight is 398 g/mol. The summed E-state index contributed by atoms with van der Waals surface area (Å²) in [6, 6.07) is 11.1. The van der Waals surface area contributed by atoms with Gasteiger partial charge >= 0.3 is 0 Å². The molecule has 1 aliphatic heterocycles. The van der Waals surface area contributed by atoms with E-state index < -0.39 is 0 Å². The van der Waals surface area contributed by atoms with Crippen LogP contribution in [0.25, 0.3) is 0 Å². The Morgan fingerprint density at radius 3 is 2.07 bits per heavy atom. The van der Waals surface area contributed by atoms with Crippen LogP contribution < -0.4 is 25.0 Å². The Balaban J connectivity index is 1.52. The van der Waals surface area contributed by atoms with Gasteiger partial charge < -0.3 is 25.0 Å². The van der Waals surface area contributed by atoms with Crippen LogP contribution in [-0.2, 0) is 9.59 Å². The van der Waals surface area contributed by atoms with Crippen LogP contribution in [0.3, 0.4) is 0 Å². The molecule has 1 atom stereocenters. The summed E-state index contributed by atoms with van der Waals surface area (Å²) < 4.78 is 11.0. The molecule has 7 heteroatoms. The van der Waals surface area contributed by atoms with Crippen LogP contribution in [-0.4, -0.2) is 44.7 Å². The maximum Gasteiger partial charge on any atom is 0.279 e. The number of nitrogens with one attached hydrogen (secondary N) is 3. The molecule has 0 saturated carbocycles. The van der Waals surface area contributed by atoms with Gasteiger partial charge in [0.1, 0.15) is 13.2 Å². The molecule has 1 aliphatic rings. The molecule has 0 aliphatic carbocycles. The van der Waals surface area contributed by atoms with E-state index in [1.807, 2.05) is 39.0 Å². The fourth-order valence-electron chi connectivity index (χ4n) is 3.12. The number of hydrogen-bond acceptors (Lipinski definition) is 4. The minimum atomic E-state index is -0.155. The van der Waals surface area contributed by atoms with Crippen molar-refractivity contribution in [3.63, 3.8) is 0 Å². The van der Waals surface area contributed by atoms with E-state index in [2.05, 4.69) is 10.6 Å². The lowest BCUT2D eigenvalue weighted by Gasteiger charge is -2.20. The largest absolute Gasteiger partial charge is 0.486 e. The molecule has 0 fully saturated rings. The van der Waals surface area contributed by atoms with Crippen LogP contribution in [0, 0.1) is 13.8 Å². The Hall–Kier alpha value is -3.06. The molecule has 2 aromatic rings. The van der Waals surface area contributed by atoms with Crippen LogP contribution in [0.15, 0.2) is 36.4 Å². The maximum atomic E-state index is 12.4. The Morgan fingerprint density at radius 1 is 0.862 bits per heavy atom. The number of amides is 2. The molecule has 154 valence electrons. The number of quaternary nitrogens is 1. The molecular weight excluding hydrogens is 370 g/mol. The zero-order valence-electron chi connectivity index (χ0n) is 17.1. The van der Waals surface area contributed by atoms with E-state index in [-0.39, 0.29) is 24.9 Å². The van der Waals surface area contributed by atoms with Crippen LogP contribution in [0.4, 0.5) is 11.4 Å². The molecule has 0 radical (unpaired) electrons. The number of aryl methyl sites for hydroxylation is 2. The van der Waals surface area contributed by atoms with Crippen molar-refractivity contribution in [2.75, 3.05) is 43.5 Å². The average Bonchev–Trinajstić information content (AvgIpc) is 2.70. The SMILES string of the molecule is CC[NH+](CC(=O)Nc1ccc(C)c(C)c1)CC(=O)Nc1ccc2c(c1)OCCO2. The zero-order chi connectivity index (χ0) is 20.8. The molecule has 0 saturated heterocycles. The smallest absolute Gasteiger partial charge is 0.279 e. The number of hydrogen-bond donors (Lipinski definition) is 3. The first-order chi connectivity index (χ1) is 13.9. The molecule has 0 bridgehead atoms. The van der Waals surface area contributed by atoms with Gasteiger partial charge in [-0.3, -0.25) is 9.59 Å². The van der Waals surface area contributed by atoms with E-state index in [4.69, 9.17) is 9.47 Å². The summed E-state index contributed by atoms with van der Waals surface area (Å²) >= 11 is 0. The molecule has 7 nitrogen and oxygen atoms in total. The second-order valence-electron chi connectivity index (χ2n) is 7.21. The summed E-state index contributed by atoms with van der Waals surface area (Å²) in [6.45, 7) is 8.10. The van der Waals surface area contributed by atoms with Gasteiger partial charge in [0.15, 0.2) is 24.6 Å². The van der Waals surface area contributed by atoms with Gasteiger partial charge in [0, 0.05) is 17.4 Å². The topological polar surface area (TPSA) is 81.1 Å². The monoisotopic (exact) mass is 398 g/mol. The van der Waals surface area contributed by atoms with E-state index >= 15 is 0 Å². The lowest BCUT2D eigenvalue weighted by molar-refractivity contribution is -0.881. The highest BCUT2D eigenvalue weighted by Crippen LogP contribution is 2.32. The summed E-state index contributed by atoms with van der Waals surface area (Å²) in [5.41, 5.74) is 3.73. The first-order valence-corrected chi connectivity index (χ1v) is 9.84. The van der Waals surface area contributed by atoms with Crippen LogP contribution >= 0.6 is 0 Å². The van der Waals surface area contributed by atoms with Crippen molar-refractivity contribution in [3.8, 4) is 11.5 Å². The number of anilines is 2. The second kappa shape index (κ2) is 9.43. The highest BCUT2D eigenvalue weighted by Gasteiger charge is 2.18. The zero-order valence-corrected chi connectivity index (χ0v) is 17.1. The third-order valence-electron chi connectivity index (χ3n) is 4.94. The highest BCUT2D eigenvalue weighted by atomic mass is 16.6. The third-order valence-corrected chi connectivity index (χ3v) is 4.94. The molecule has 1 unspecified atom stereocenters. The molecule has 2 amide bonds. The first-order valence-electron chi connectivity index (χ1n) is 9.84. The van der Waals surface area contributed by atoms with Crippen molar-refractivity contribution in [1.29, 1.82) is 0 Å². The molecule has 3 rings (SSSR count). The Labute approximate surface area is 171 Å². The van der Waals surface area contributed by atoms with Crippen molar-refractivity contribution in [2.24, 2.45) is 0 Å². The lowest BCUT2D eigenvalue weighted by atomic mass is 10.1. The Morgan fingerprint density at radius 2 is 1.45 bits per heavy atom. The number of benzene rings is 2. The minimum Gasteiger partial charge on any atom is -0.486 e. The van der Waals surface area contributed by atoms with Crippen molar-refractivity contribution in [2.45, 2.75) is 20.8 Å². The maximum absolute atomic E-state index is 12.4. The van der Waals surface area contributed by atoms with E-state index in [9.17, 15) is 9.59 Å². The number of rotatable bonds is 7. The lowest BCUT2D eigenvalue weighted by Crippen LogP contribution is -3.13. The number of carbonyl (C=O) groups is 2. The van der Waals surface area contributed by atoms with E-state index in [0.717, 1.165) is 16.2 Å². The van der Waals surface area contributed by atoms with Gasteiger partial charge in [-0.25, -0.2) is 0 Å². The fourth-order valence-corrected chi connectivity index (χ4v) is 3.12.